The molecule has 0 amide bonds. The number of nitrogens with zero attached hydrogens (tertiary/aromatic N) is 2. The Bertz CT molecular complexity index is 1100. The van der Waals surface area contributed by atoms with Gasteiger partial charge in [0.2, 0.25) is 5.95 Å². The zero-order valence-electron chi connectivity index (χ0n) is 14.3. The van der Waals surface area contributed by atoms with Crippen molar-refractivity contribution in [2.75, 3.05) is 10.6 Å². The number of nitrogens with one attached hydrogen (secondary N) is 2. The summed E-state index contributed by atoms with van der Waals surface area (Å²) in [7, 11) is 0. The van der Waals surface area contributed by atoms with Crippen LogP contribution in [0.1, 0.15) is 5.56 Å². The molecule has 0 aliphatic carbocycles. The number of anilines is 3. The lowest BCUT2D eigenvalue weighted by molar-refractivity contribution is 0.628. The maximum atomic E-state index is 13.4. The first kappa shape index (κ1) is 17.2. The molecule has 1 heterocycles. The van der Waals surface area contributed by atoms with Gasteiger partial charge in [-0.3, -0.25) is 0 Å². The van der Waals surface area contributed by atoms with E-state index >= 15 is 0 Å². The fraction of sp³-hybridized carbons (Fsp3) is 0.0476. The zero-order valence-corrected chi connectivity index (χ0v) is 15.0. The van der Waals surface area contributed by atoms with E-state index in [0.29, 0.717) is 29.0 Å². The Hall–Kier alpha value is -3.18. The largest absolute Gasteiger partial charge is 0.365 e. The van der Waals surface area contributed by atoms with Crippen molar-refractivity contribution in [3.63, 3.8) is 0 Å². The van der Waals surface area contributed by atoms with Crippen LogP contribution < -0.4 is 10.6 Å². The quantitative estimate of drug-likeness (QED) is 0.462. The van der Waals surface area contributed by atoms with Gasteiger partial charge in [0.15, 0.2) is 0 Å². The molecule has 0 aliphatic rings. The minimum absolute atomic E-state index is 0.321. The molecule has 4 aromatic rings. The maximum absolute atomic E-state index is 13.4. The van der Waals surface area contributed by atoms with Crippen molar-refractivity contribution < 1.29 is 4.39 Å². The van der Waals surface area contributed by atoms with Crippen LogP contribution >= 0.6 is 11.6 Å². The second kappa shape index (κ2) is 7.60. The molecule has 2 N–H and O–H groups in total. The summed E-state index contributed by atoms with van der Waals surface area (Å²) in [4.78, 5) is 9.09. The lowest BCUT2D eigenvalue weighted by Crippen LogP contribution is -2.06. The van der Waals surface area contributed by atoms with Crippen LogP contribution in [0.2, 0.25) is 5.02 Å². The Morgan fingerprint density at radius 3 is 2.56 bits per heavy atom. The predicted octanol–water partition coefficient (Wildman–Crippen LogP) is 5.78. The van der Waals surface area contributed by atoms with Gasteiger partial charge in [-0.25, -0.2) is 9.37 Å². The van der Waals surface area contributed by atoms with Gasteiger partial charge in [-0.05, 0) is 42.0 Å². The number of aromatic nitrogens is 2. The van der Waals surface area contributed by atoms with Gasteiger partial charge in [0.05, 0.1) is 5.52 Å². The highest BCUT2D eigenvalue weighted by Crippen LogP contribution is 2.25. The monoisotopic (exact) mass is 378 g/mol. The predicted molar refractivity (Wildman–Crippen MR) is 108 cm³/mol. The van der Waals surface area contributed by atoms with Crippen molar-refractivity contribution in [3.8, 4) is 0 Å². The first-order chi connectivity index (χ1) is 13.2. The third-order valence-corrected chi connectivity index (χ3v) is 4.46. The van der Waals surface area contributed by atoms with E-state index < -0.39 is 0 Å². The van der Waals surface area contributed by atoms with E-state index in [4.69, 9.17) is 11.6 Å². The minimum Gasteiger partial charge on any atom is -0.365 e. The zero-order chi connectivity index (χ0) is 18.6. The number of hydrogen-bond acceptors (Lipinski definition) is 4. The summed E-state index contributed by atoms with van der Waals surface area (Å²) in [5, 5.41) is 7.98. The summed E-state index contributed by atoms with van der Waals surface area (Å²) >= 11 is 6.24. The molecular weight excluding hydrogens is 363 g/mol. The van der Waals surface area contributed by atoms with Gasteiger partial charge in [0.1, 0.15) is 11.6 Å². The lowest BCUT2D eigenvalue weighted by atomic mass is 10.2. The van der Waals surface area contributed by atoms with E-state index in [1.54, 1.807) is 12.1 Å². The van der Waals surface area contributed by atoms with Crippen molar-refractivity contribution in [3.05, 3.63) is 89.2 Å². The molecule has 0 saturated heterocycles. The van der Waals surface area contributed by atoms with E-state index in [1.807, 2.05) is 48.5 Å². The molecule has 0 spiro atoms. The van der Waals surface area contributed by atoms with Crippen LogP contribution in [-0.2, 0) is 6.54 Å². The normalized spacial score (nSPS) is 10.7. The number of para-hydroxylation sites is 1. The Kier molecular flexibility index (Phi) is 4.85. The Morgan fingerprint density at radius 2 is 1.70 bits per heavy atom. The van der Waals surface area contributed by atoms with Crippen LogP contribution in [0.5, 0.6) is 0 Å². The van der Waals surface area contributed by atoms with Gasteiger partial charge < -0.3 is 10.6 Å². The SMILES string of the molecule is Fc1cccc(Nc2nc(NCc3ccccc3Cl)c3ccccc3n2)c1. The summed E-state index contributed by atoms with van der Waals surface area (Å²) in [6.07, 6.45) is 0. The first-order valence-electron chi connectivity index (χ1n) is 8.46. The van der Waals surface area contributed by atoms with Crippen LogP contribution in [0, 0.1) is 5.82 Å². The van der Waals surface area contributed by atoms with Gasteiger partial charge in [-0.15, -0.1) is 0 Å². The number of benzene rings is 3. The van der Waals surface area contributed by atoms with Gasteiger partial charge >= 0.3 is 0 Å². The second-order valence-electron chi connectivity index (χ2n) is 5.99. The highest BCUT2D eigenvalue weighted by molar-refractivity contribution is 6.31. The summed E-state index contributed by atoms with van der Waals surface area (Å²) in [5.74, 6) is 0.748. The molecular formula is C21H16ClFN4. The van der Waals surface area contributed by atoms with Crippen LogP contribution in [0.25, 0.3) is 10.9 Å². The summed E-state index contributed by atoms with van der Waals surface area (Å²) < 4.78 is 13.4. The number of fused-ring (bicyclic) bond motifs is 1. The molecule has 0 saturated carbocycles. The molecule has 3 aromatic carbocycles. The molecule has 4 nitrogen and oxygen atoms in total. The van der Waals surface area contributed by atoms with Crippen LogP contribution in [-0.4, -0.2) is 9.97 Å². The minimum atomic E-state index is -0.321. The van der Waals surface area contributed by atoms with E-state index in [9.17, 15) is 4.39 Å². The highest BCUT2D eigenvalue weighted by Gasteiger charge is 2.09. The second-order valence-corrected chi connectivity index (χ2v) is 6.40. The molecule has 0 aliphatic heterocycles. The van der Waals surface area contributed by atoms with E-state index in [1.165, 1.54) is 12.1 Å². The molecule has 0 bridgehead atoms. The average molecular weight is 379 g/mol. The lowest BCUT2D eigenvalue weighted by Gasteiger charge is -2.12. The molecule has 4 rings (SSSR count). The average Bonchev–Trinajstić information content (AvgIpc) is 2.67. The third kappa shape index (κ3) is 3.99. The van der Waals surface area contributed by atoms with Gasteiger partial charge in [0, 0.05) is 22.6 Å². The Labute approximate surface area is 161 Å². The van der Waals surface area contributed by atoms with Gasteiger partial charge in [-0.1, -0.05) is 48.0 Å². The maximum Gasteiger partial charge on any atom is 0.229 e. The van der Waals surface area contributed by atoms with E-state index in [0.717, 1.165) is 16.5 Å². The molecule has 0 atom stereocenters. The van der Waals surface area contributed by atoms with E-state index in [2.05, 4.69) is 20.6 Å². The standard InChI is InChI=1S/C21H16ClFN4/c22-18-10-3-1-6-14(18)13-24-20-17-9-2-4-11-19(17)26-21(27-20)25-16-8-5-7-15(23)12-16/h1-12H,13H2,(H2,24,25,26,27). The Balaban J connectivity index is 1.67. The fourth-order valence-corrected chi connectivity index (χ4v) is 2.99. The molecule has 6 heteroatoms. The first-order valence-corrected chi connectivity index (χ1v) is 8.83. The van der Waals surface area contributed by atoms with Crippen LogP contribution in [0.4, 0.5) is 21.8 Å². The van der Waals surface area contributed by atoms with Crippen LogP contribution in [0.15, 0.2) is 72.8 Å². The topological polar surface area (TPSA) is 49.8 Å². The molecule has 0 radical (unpaired) electrons. The summed E-state index contributed by atoms with van der Waals surface area (Å²) in [6.45, 7) is 0.528. The molecule has 27 heavy (non-hydrogen) atoms. The summed E-state index contributed by atoms with van der Waals surface area (Å²) in [5.41, 5.74) is 2.34. The van der Waals surface area contributed by atoms with Crippen molar-refractivity contribution in [1.82, 2.24) is 9.97 Å². The van der Waals surface area contributed by atoms with Crippen molar-refractivity contribution in [2.45, 2.75) is 6.54 Å². The Morgan fingerprint density at radius 1 is 0.889 bits per heavy atom. The highest BCUT2D eigenvalue weighted by atomic mass is 35.5. The summed E-state index contributed by atoms with van der Waals surface area (Å²) in [6, 6.07) is 21.6. The number of hydrogen-bond donors (Lipinski definition) is 2. The van der Waals surface area contributed by atoms with Gasteiger partial charge in [0.25, 0.3) is 0 Å². The fourth-order valence-electron chi connectivity index (χ4n) is 2.78. The molecule has 0 fully saturated rings. The van der Waals surface area contributed by atoms with Crippen molar-refractivity contribution in [1.29, 1.82) is 0 Å². The van der Waals surface area contributed by atoms with Crippen molar-refractivity contribution in [2.24, 2.45) is 0 Å². The van der Waals surface area contributed by atoms with Gasteiger partial charge in [-0.2, -0.15) is 4.98 Å². The molecule has 0 unspecified atom stereocenters. The van der Waals surface area contributed by atoms with Crippen molar-refractivity contribution >= 4 is 40.0 Å². The number of rotatable bonds is 5. The third-order valence-electron chi connectivity index (χ3n) is 4.09. The van der Waals surface area contributed by atoms with Crippen LogP contribution in [0.3, 0.4) is 0 Å². The smallest absolute Gasteiger partial charge is 0.229 e. The molecule has 1 aromatic heterocycles. The molecule has 134 valence electrons. The number of halogens is 2. The van der Waals surface area contributed by atoms with E-state index in [-0.39, 0.29) is 5.82 Å².